The number of aliphatic imine (C=N–C) groups is 2. The summed E-state index contributed by atoms with van der Waals surface area (Å²) in [4.78, 5) is 15.4. The van der Waals surface area contributed by atoms with Crippen LogP contribution in [-0.4, -0.2) is 16.7 Å². The van der Waals surface area contributed by atoms with Gasteiger partial charge in [-0.15, -0.1) is 0 Å². The Labute approximate surface area is 265 Å². The maximum absolute atomic E-state index is 5.42. The van der Waals surface area contributed by atoms with E-state index in [1.165, 1.54) is 27.8 Å². The Hall–Kier alpha value is -5.09. The molecule has 0 spiro atoms. The molecule has 4 heteroatoms. The van der Waals surface area contributed by atoms with Crippen molar-refractivity contribution in [3.8, 4) is 11.1 Å². The number of fused-ring (bicyclic) bond motifs is 3. The Morgan fingerprint density at radius 2 is 1.58 bits per heavy atom. The second-order valence-corrected chi connectivity index (χ2v) is 12.8. The molecule has 1 aliphatic heterocycles. The summed E-state index contributed by atoms with van der Waals surface area (Å²) < 4.78 is 0. The molecule has 1 aromatic heterocycles. The number of aromatic nitrogens is 1. The van der Waals surface area contributed by atoms with Gasteiger partial charge in [0.25, 0.3) is 0 Å². The average molecular weight is 585 g/mol. The van der Waals surface area contributed by atoms with E-state index >= 15 is 0 Å². The molecule has 4 atom stereocenters. The molecule has 5 aromatic rings. The molecule has 0 radical (unpaired) electrons. The van der Waals surface area contributed by atoms with Crippen molar-refractivity contribution in [3.63, 3.8) is 0 Å². The lowest BCUT2D eigenvalue weighted by Crippen LogP contribution is -2.48. The van der Waals surface area contributed by atoms with Gasteiger partial charge in [-0.05, 0) is 76.3 Å². The molecular formula is C41H36N4. The molecule has 2 heterocycles. The summed E-state index contributed by atoms with van der Waals surface area (Å²) in [5.41, 5.74) is 10.2. The lowest BCUT2D eigenvalue weighted by molar-refractivity contribution is 0.445. The second-order valence-electron chi connectivity index (χ2n) is 12.8. The molecule has 4 aromatic carbocycles. The Bertz CT molecular complexity index is 2060. The lowest BCUT2D eigenvalue weighted by Gasteiger charge is -2.38. The third-order valence-electron chi connectivity index (χ3n) is 9.82. The maximum atomic E-state index is 5.42. The molecule has 4 unspecified atom stereocenters. The number of hydrogen-bond donors (Lipinski definition) is 1. The zero-order valence-corrected chi connectivity index (χ0v) is 25.9. The summed E-state index contributed by atoms with van der Waals surface area (Å²) in [6.07, 6.45) is 9.71. The SMILES string of the molecule is CC1Cc2ccccc2C=C1C1=NC(C2C=Cc3ccccc3C2C)=NC(C)(c2ccc(-c3cccc4cccnc34)cc2)N1. The van der Waals surface area contributed by atoms with E-state index in [1.807, 2.05) is 12.3 Å². The highest BCUT2D eigenvalue weighted by molar-refractivity contribution is 6.12. The maximum Gasteiger partial charge on any atom is 0.156 e. The highest BCUT2D eigenvalue weighted by Crippen LogP contribution is 2.39. The van der Waals surface area contributed by atoms with Crippen molar-refractivity contribution in [2.45, 2.75) is 38.8 Å². The summed E-state index contributed by atoms with van der Waals surface area (Å²) >= 11 is 0. The van der Waals surface area contributed by atoms with Crippen molar-refractivity contribution in [2.75, 3.05) is 0 Å². The van der Waals surface area contributed by atoms with Crippen molar-refractivity contribution in [2.24, 2.45) is 21.8 Å². The minimum atomic E-state index is -0.690. The Morgan fingerprint density at radius 3 is 2.44 bits per heavy atom. The van der Waals surface area contributed by atoms with Gasteiger partial charge in [0.05, 0.1) is 5.52 Å². The first-order chi connectivity index (χ1) is 22.0. The fourth-order valence-electron chi connectivity index (χ4n) is 7.26. The van der Waals surface area contributed by atoms with Crippen LogP contribution in [-0.2, 0) is 12.1 Å². The van der Waals surface area contributed by atoms with Crippen molar-refractivity contribution in [1.29, 1.82) is 0 Å². The summed E-state index contributed by atoms with van der Waals surface area (Å²) in [6.45, 7) is 6.79. The molecule has 4 nitrogen and oxygen atoms in total. The van der Waals surface area contributed by atoms with E-state index in [0.717, 1.165) is 45.7 Å². The highest BCUT2D eigenvalue weighted by Gasteiger charge is 2.37. The molecule has 0 saturated carbocycles. The smallest absolute Gasteiger partial charge is 0.156 e. The number of pyridine rings is 1. The second kappa shape index (κ2) is 10.8. The van der Waals surface area contributed by atoms with Crippen LogP contribution in [0.4, 0.5) is 0 Å². The average Bonchev–Trinajstić information content (AvgIpc) is 3.08. The summed E-state index contributed by atoms with van der Waals surface area (Å²) in [7, 11) is 0. The first kappa shape index (κ1) is 27.5. The van der Waals surface area contributed by atoms with Crippen molar-refractivity contribution >= 4 is 34.7 Å². The van der Waals surface area contributed by atoms with Gasteiger partial charge in [-0.2, -0.15) is 0 Å². The van der Waals surface area contributed by atoms with Crippen LogP contribution < -0.4 is 5.32 Å². The Morgan fingerprint density at radius 1 is 0.800 bits per heavy atom. The number of para-hydroxylation sites is 1. The van der Waals surface area contributed by atoms with Crippen molar-refractivity contribution in [3.05, 3.63) is 149 Å². The molecule has 45 heavy (non-hydrogen) atoms. The largest absolute Gasteiger partial charge is 0.342 e. The summed E-state index contributed by atoms with van der Waals surface area (Å²) in [6, 6.07) is 36.7. The number of amidine groups is 2. The van der Waals surface area contributed by atoms with Crippen LogP contribution >= 0.6 is 0 Å². The van der Waals surface area contributed by atoms with E-state index in [1.54, 1.807) is 0 Å². The molecular weight excluding hydrogens is 548 g/mol. The van der Waals surface area contributed by atoms with Gasteiger partial charge in [0, 0.05) is 23.1 Å². The van der Waals surface area contributed by atoms with Gasteiger partial charge in [0.1, 0.15) is 11.7 Å². The van der Waals surface area contributed by atoms with Crippen LogP contribution in [0.5, 0.6) is 0 Å². The summed E-state index contributed by atoms with van der Waals surface area (Å²) in [5, 5.41) is 4.97. The molecule has 0 amide bonds. The number of benzene rings is 4. The van der Waals surface area contributed by atoms with Gasteiger partial charge in [-0.3, -0.25) is 4.98 Å². The summed E-state index contributed by atoms with van der Waals surface area (Å²) in [5.74, 6) is 2.46. The molecule has 8 rings (SSSR count). The normalized spacial score (nSPS) is 23.7. The van der Waals surface area contributed by atoms with Crippen LogP contribution in [0, 0.1) is 11.8 Å². The molecule has 2 aliphatic carbocycles. The standard InChI is InChI=1S/C41H36N4/c1-26-24-31-11-4-5-12-32(31)25-37(26)40-43-39(35-22-19-28-10-6-7-15-34(28)27(35)2)44-41(3,45-40)33-20-17-29(18-21-33)36-16-8-13-30-14-9-23-42-38(30)36/h4-23,25-27,35H,24H2,1-3H3,(H,43,44,45). The van der Waals surface area contributed by atoms with Gasteiger partial charge in [-0.25, -0.2) is 9.98 Å². The Kier molecular flexibility index (Phi) is 6.60. The minimum Gasteiger partial charge on any atom is -0.342 e. The van der Waals surface area contributed by atoms with Gasteiger partial charge in [0.15, 0.2) is 5.66 Å². The molecule has 220 valence electrons. The number of hydrogen-bond acceptors (Lipinski definition) is 4. The Balaban J connectivity index is 1.22. The zero-order chi connectivity index (χ0) is 30.5. The minimum absolute atomic E-state index is 0.0733. The predicted octanol–water partition coefficient (Wildman–Crippen LogP) is 9.20. The van der Waals surface area contributed by atoms with Crippen LogP contribution in [0.3, 0.4) is 0 Å². The number of rotatable bonds is 4. The first-order valence-electron chi connectivity index (χ1n) is 16.0. The number of nitrogens with one attached hydrogen (secondary N) is 1. The van der Waals surface area contributed by atoms with Gasteiger partial charge in [-0.1, -0.05) is 123 Å². The molecule has 3 aliphatic rings. The quantitative estimate of drug-likeness (QED) is 0.229. The lowest BCUT2D eigenvalue weighted by atomic mass is 9.79. The van der Waals surface area contributed by atoms with Crippen LogP contribution in [0.1, 0.15) is 54.5 Å². The van der Waals surface area contributed by atoms with Crippen LogP contribution in [0.2, 0.25) is 0 Å². The van der Waals surface area contributed by atoms with E-state index in [2.05, 4.69) is 141 Å². The van der Waals surface area contributed by atoms with Gasteiger partial charge in [0.2, 0.25) is 0 Å². The van der Waals surface area contributed by atoms with Crippen molar-refractivity contribution in [1.82, 2.24) is 10.3 Å². The van der Waals surface area contributed by atoms with Crippen LogP contribution in [0.15, 0.2) is 131 Å². The third-order valence-corrected chi connectivity index (χ3v) is 9.82. The van der Waals surface area contributed by atoms with Crippen molar-refractivity contribution < 1.29 is 0 Å². The highest BCUT2D eigenvalue weighted by atomic mass is 15.2. The fraction of sp³-hybridized carbons (Fsp3) is 0.195. The van der Waals surface area contributed by atoms with E-state index < -0.39 is 5.66 Å². The number of nitrogens with zero attached hydrogens (tertiary/aromatic N) is 3. The van der Waals surface area contributed by atoms with Gasteiger partial charge >= 0.3 is 0 Å². The van der Waals surface area contributed by atoms with Gasteiger partial charge < -0.3 is 5.32 Å². The molecule has 0 bridgehead atoms. The van der Waals surface area contributed by atoms with E-state index in [9.17, 15) is 0 Å². The van der Waals surface area contributed by atoms with E-state index in [-0.39, 0.29) is 11.8 Å². The van der Waals surface area contributed by atoms with E-state index in [4.69, 9.17) is 15.0 Å². The predicted molar refractivity (Wildman–Crippen MR) is 187 cm³/mol. The third kappa shape index (κ3) is 4.82. The van der Waals surface area contributed by atoms with E-state index in [0.29, 0.717) is 5.92 Å². The van der Waals surface area contributed by atoms with Crippen LogP contribution in [0.25, 0.3) is 34.2 Å². The fourth-order valence-corrected chi connectivity index (χ4v) is 7.26. The topological polar surface area (TPSA) is 49.6 Å². The monoisotopic (exact) mass is 584 g/mol. The molecule has 1 N–H and O–H groups in total. The molecule has 0 saturated heterocycles. The zero-order valence-electron chi connectivity index (χ0n) is 25.9. The molecule has 0 fully saturated rings. The first-order valence-corrected chi connectivity index (χ1v) is 16.0.